The molecule has 0 atom stereocenters. The van der Waals surface area contributed by atoms with E-state index in [0.717, 1.165) is 28.4 Å². The summed E-state index contributed by atoms with van der Waals surface area (Å²) in [5.74, 6) is 0.808. The van der Waals surface area contributed by atoms with Crippen molar-refractivity contribution in [2.75, 3.05) is 11.1 Å². The van der Waals surface area contributed by atoms with Crippen molar-refractivity contribution < 1.29 is 9.36 Å². The summed E-state index contributed by atoms with van der Waals surface area (Å²) in [5.41, 5.74) is 5.53. The molecule has 0 aliphatic rings. The number of carbonyl (C=O) groups excluding carboxylic acids is 1. The van der Waals surface area contributed by atoms with E-state index in [1.54, 1.807) is 0 Å². The predicted molar refractivity (Wildman–Crippen MR) is 124 cm³/mol. The van der Waals surface area contributed by atoms with E-state index in [0.29, 0.717) is 11.7 Å². The third-order valence-electron chi connectivity index (χ3n) is 5.07. The van der Waals surface area contributed by atoms with E-state index in [-0.39, 0.29) is 5.91 Å². The molecule has 4 nitrogen and oxygen atoms in total. The molecule has 5 heteroatoms. The second kappa shape index (κ2) is 9.18. The maximum absolute atomic E-state index is 12.5. The van der Waals surface area contributed by atoms with Crippen LogP contribution in [0, 0.1) is 0 Å². The lowest BCUT2D eigenvalue weighted by Crippen LogP contribution is -2.35. The van der Waals surface area contributed by atoms with Crippen LogP contribution < -0.4 is 9.88 Å². The minimum Gasteiger partial charge on any atom is -0.325 e. The van der Waals surface area contributed by atoms with Gasteiger partial charge in [-0.1, -0.05) is 68.4 Å². The number of aromatic nitrogens is 2. The molecule has 0 aliphatic heterocycles. The second-order valence-corrected chi connectivity index (χ2v) is 8.60. The Kier molecular flexibility index (Phi) is 6.19. The molecule has 0 unspecified atom stereocenters. The Morgan fingerprint density at radius 3 is 2.40 bits per heavy atom. The van der Waals surface area contributed by atoms with Crippen LogP contribution in [0.25, 0.3) is 11.0 Å². The third kappa shape index (κ3) is 4.74. The summed E-state index contributed by atoms with van der Waals surface area (Å²) in [7, 11) is 0. The number of hydrogen-bond acceptors (Lipinski definition) is 2. The average Bonchev–Trinajstić information content (AvgIpc) is 3.11. The van der Waals surface area contributed by atoms with Gasteiger partial charge in [0.1, 0.15) is 6.54 Å². The highest BCUT2D eigenvalue weighted by Crippen LogP contribution is 2.20. The Morgan fingerprint density at radius 1 is 0.967 bits per heavy atom. The summed E-state index contributed by atoms with van der Waals surface area (Å²) in [5, 5.41) is 3.98. The fourth-order valence-corrected chi connectivity index (χ4v) is 4.27. The quantitative estimate of drug-likeness (QED) is 0.315. The predicted octanol–water partition coefficient (Wildman–Crippen LogP) is 5.36. The first-order valence-corrected chi connectivity index (χ1v) is 11.2. The van der Waals surface area contributed by atoms with Crippen molar-refractivity contribution in [3.05, 3.63) is 90.0 Å². The number of thioether (sulfide) groups is 1. The SMILES string of the molecule is CC(C)c1ccc(NC(=O)CSc2[nH]c3ccccc3[n+]2Cc2ccccc2)cc1. The standard InChI is InChI=1S/C25H25N3OS/c1-18(2)20-12-14-21(15-13-20)26-24(29)17-30-25-27-22-10-6-7-11-23(22)28(25)16-19-8-4-3-5-9-19/h3-15,18H,16-17H2,1-2H3,(H,26,29)/p+1. The first kappa shape index (κ1) is 20.2. The molecule has 0 saturated carbocycles. The van der Waals surface area contributed by atoms with Gasteiger partial charge < -0.3 is 5.32 Å². The van der Waals surface area contributed by atoms with Gasteiger partial charge in [-0.25, -0.2) is 9.55 Å². The lowest BCUT2D eigenvalue weighted by molar-refractivity contribution is -0.700. The molecule has 0 spiro atoms. The molecule has 0 radical (unpaired) electrons. The highest BCUT2D eigenvalue weighted by atomic mass is 32.2. The Balaban J connectivity index is 1.48. The minimum atomic E-state index is -0.0118. The number of nitrogens with zero attached hydrogens (tertiary/aromatic N) is 1. The number of rotatable bonds is 7. The van der Waals surface area contributed by atoms with Crippen molar-refractivity contribution >= 4 is 34.4 Å². The van der Waals surface area contributed by atoms with Gasteiger partial charge in [-0.3, -0.25) is 4.79 Å². The molecule has 3 aromatic carbocycles. The Morgan fingerprint density at radius 2 is 1.67 bits per heavy atom. The molecular weight excluding hydrogens is 390 g/mol. The van der Waals surface area contributed by atoms with Gasteiger partial charge in [0.25, 0.3) is 0 Å². The van der Waals surface area contributed by atoms with Gasteiger partial charge in [0.2, 0.25) is 5.91 Å². The molecule has 4 aromatic rings. The van der Waals surface area contributed by atoms with Gasteiger partial charge in [0.15, 0.2) is 11.0 Å². The van der Waals surface area contributed by atoms with E-state index in [2.05, 4.69) is 77.2 Å². The van der Waals surface area contributed by atoms with Crippen molar-refractivity contribution in [3.63, 3.8) is 0 Å². The summed E-state index contributed by atoms with van der Waals surface area (Å²) in [6.45, 7) is 5.08. The zero-order chi connectivity index (χ0) is 20.9. The van der Waals surface area contributed by atoms with Gasteiger partial charge in [0, 0.05) is 5.69 Å². The molecule has 2 N–H and O–H groups in total. The van der Waals surface area contributed by atoms with E-state index in [1.165, 1.54) is 22.9 Å². The van der Waals surface area contributed by atoms with Crippen LogP contribution in [0.4, 0.5) is 5.69 Å². The molecule has 4 rings (SSSR count). The number of carbonyl (C=O) groups is 1. The summed E-state index contributed by atoms with van der Waals surface area (Å²) >= 11 is 1.52. The van der Waals surface area contributed by atoms with Gasteiger partial charge in [-0.05, 0) is 53.1 Å². The summed E-state index contributed by atoms with van der Waals surface area (Å²) < 4.78 is 2.24. The van der Waals surface area contributed by atoms with Crippen LogP contribution in [-0.2, 0) is 11.3 Å². The molecule has 152 valence electrons. The van der Waals surface area contributed by atoms with Crippen molar-refractivity contribution in [3.8, 4) is 0 Å². The first-order valence-electron chi connectivity index (χ1n) is 10.2. The zero-order valence-electron chi connectivity index (χ0n) is 17.3. The van der Waals surface area contributed by atoms with Crippen LogP contribution in [0.2, 0.25) is 0 Å². The Bertz CT molecular complexity index is 1130. The maximum atomic E-state index is 12.5. The fourth-order valence-electron chi connectivity index (χ4n) is 3.43. The number of hydrogen-bond donors (Lipinski definition) is 2. The summed E-state index contributed by atoms with van der Waals surface area (Å²) in [4.78, 5) is 16.0. The number of para-hydroxylation sites is 2. The van der Waals surface area contributed by atoms with Gasteiger partial charge >= 0.3 is 5.16 Å². The smallest absolute Gasteiger partial charge is 0.317 e. The number of nitrogens with one attached hydrogen (secondary N) is 2. The number of H-pyrrole nitrogens is 1. The van der Waals surface area contributed by atoms with Gasteiger partial charge in [0.05, 0.1) is 5.75 Å². The van der Waals surface area contributed by atoms with Crippen molar-refractivity contribution in [1.82, 2.24) is 4.98 Å². The lowest BCUT2D eigenvalue weighted by Gasteiger charge is -2.08. The molecule has 0 aliphatic carbocycles. The molecule has 0 fully saturated rings. The topological polar surface area (TPSA) is 48.8 Å². The van der Waals surface area contributed by atoms with Crippen molar-refractivity contribution in [2.45, 2.75) is 31.5 Å². The number of fused-ring (bicyclic) bond motifs is 1. The van der Waals surface area contributed by atoms with Crippen LogP contribution in [0.3, 0.4) is 0 Å². The summed E-state index contributed by atoms with van der Waals surface area (Å²) in [6.07, 6.45) is 0. The number of imidazole rings is 1. The van der Waals surface area contributed by atoms with Crippen molar-refractivity contribution in [1.29, 1.82) is 0 Å². The highest BCUT2D eigenvalue weighted by Gasteiger charge is 2.20. The van der Waals surface area contributed by atoms with Crippen LogP contribution in [0.5, 0.6) is 0 Å². The largest absolute Gasteiger partial charge is 0.325 e. The molecule has 1 heterocycles. The number of anilines is 1. The van der Waals surface area contributed by atoms with Gasteiger partial charge in [-0.2, -0.15) is 0 Å². The van der Waals surface area contributed by atoms with Gasteiger partial charge in [-0.15, -0.1) is 0 Å². The van der Waals surface area contributed by atoms with Crippen LogP contribution >= 0.6 is 11.8 Å². The van der Waals surface area contributed by atoms with Crippen LogP contribution in [0.15, 0.2) is 84.0 Å². The van der Waals surface area contributed by atoms with E-state index in [9.17, 15) is 4.79 Å². The molecule has 0 saturated heterocycles. The zero-order valence-corrected chi connectivity index (χ0v) is 18.1. The molecule has 0 bridgehead atoms. The van der Waals surface area contributed by atoms with E-state index in [4.69, 9.17) is 0 Å². The van der Waals surface area contributed by atoms with Crippen LogP contribution in [0.1, 0.15) is 30.9 Å². The average molecular weight is 417 g/mol. The van der Waals surface area contributed by atoms with E-state index >= 15 is 0 Å². The molecular formula is C25H26N3OS+. The summed E-state index contributed by atoms with van der Waals surface area (Å²) in [6, 6.07) is 26.7. The number of amides is 1. The molecule has 30 heavy (non-hydrogen) atoms. The normalized spacial score (nSPS) is 11.2. The number of aromatic amines is 1. The minimum absolute atomic E-state index is 0.0118. The monoisotopic (exact) mass is 416 g/mol. The van der Waals surface area contributed by atoms with Crippen molar-refractivity contribution in [2.24, 2.45) is 0 Å². The third-order valence-corrected chi connectivity index (χ3v) is 6.07. The molecule has 1 amide bonds. The number of benzene rings is 3. The molecule has 1 aromatic heterocycles. The lowest BCUT2D eigenvalue weighted by atomic mass is 10.0. The van der Waals surface area contributed by atoms with Crippen LogP contribution in [-0.4, -0.2) is 16.6 Å². The first-order chi connectivity index (χ1) is 14.6. The van der Waals surface area contributed by atoms with E-state index in [1.807, 2.05) is 30.3 Å². The highest BCUT2D eigenvalue weighted by molar-refractivity contribution is 7.99. The Hall–Kier alpha value is -3.05. The fraction of sp³-hybridized carbons (Fsp3) is 0.200. The maximum Gasteiger partial charge on any atom is 0.317 e. The second-order valence-electron chi connectivity index (χ2n) is 7.63. The van der Waals surface area contributed by atoms with E-state index < -0.39 is 0 Å². The Labute approximate surface area is 181 Å².